The van der Waals surface area contributed by atoms with Crippen LogP contribution in [0.1, 0.15) is 78.6 Å². The SMILES string of the molecule is CCCCN(CCCC)CC1CC(CCC)CCC1N. The van der Waals surface area contributed by atoms with Crippen LogP contribution in [0, 0.1) is 11.8 Å². The third kappa shape index (κ3) is 6.58. The van der Waals surface area contributed by atoms with Gasteiger partial charge in [0.2, 0.25) is 0 Å². The summed E-state index contributed by atoms with van der Waals surface area (Å²) in [4.78, 5) is 2.70. The largest absolute Gasteiger partial charge is 0.327 e. The summed E-state index contributed by atoms with van der Waals surface area (Å²) < 4.78 is 0. The fourth-order valence-electron chi connectivity index (χ4n) is 3.65. The molecule has 0 aliphatic heterocycles. The van der Waals surface area contributed by atoms with Crippen molar-refractivity contribution < 1.29 is 0 Å². The van der Waals surface area contributed by atoms with Crippen molar-refractivity contribution in [2.24, 2.45) is 17.6 Å². The van der Waals surface area contributed by atoms with Gasteiger partial charge in [-0.2, -0.15) is 0 Å². The molecule has 1 aliphatic rings. The predicted octanol–water partition coefficient (Wildman–Crippen LogP) is 4.43. The van der Waals surface area contributed by atoms with Crippen molar-refractivity contribution in [1.82, 2.24) is 4.90 Å². The molecule has 3 atom stereocenters. The second-order valence-corrected chi connectivity index (χ2v) is 6.90. The molecule has 0 heterocycles. The highest BCUT2D eigenvalue weighted by Crippen LogP contribution is 2.32. The summed E-state index contributed by atoms with van der Waals surface area (Å²) in [6, 6.07) is 0.453. The third-order valence-corrected chi connectivity index (χ3v) is 5.00. The minimum absolute atomic E-state index is 0.453. The summed E-state index contributed by atoms with van der Waals surface area (Å²) in [5, 5.41) is 0. The predicted molar refractivity (Wildman–Crippen MR) is 90.0 cm³/mol. The molecule has 3 unspecified atom stereocenters. The molecule has 0 radical (unpaired) electrons. The molecule has 0 spiro atoms. The van der Waals surface area contributed by atoms with E-state index in [0.717, 1.165) is 11.8 Å². The van der Waals surface area contributed by atoms with Gasteiger partial charge in [-0.3, -0.25) is 0 Å². The van der Waals surface area contributed by atoms with Crippen molar-refractivity contribution in [3.8, 4) is 0 Å². The van der Waals surface area contributed by atoms with E-state index in [9.17, 15) is 0 Å². The molecule has 2 nitrogen and oxygen atoms in total. The highest BCUT2D eigenvalue weighted by Gasteiger charge is 2.28. The van der Waals surface area contributed by atoms with E-state index in [4.69, 9.17) is 5.73 Å². The van der Waals surface area contributed by atoms with Gasteiger partial charge in [-0.1, -0.05) is 46.5 Å². The smallest absolute Gasteiger partial charge is 0.00795 e. The molecule has 1 rings (SSSR count). The Balaban J connectivity index is 2.45. The second-order valence-electron chi connectivity index (χ2n) is 6.90. The van der Waals surface area contributed by atoms with E-state index < -0.39 is 0 Å². The van der Waals surface area contributed by atoms with Crippen molar-refractivity contribution in [3.63, 3.8) is 0 Å². The summed E-state index contributed by atoms with van der Waals surface area (Å²) in [6.07, 6.45) is 12.0. The molecular formula is C18H38N2. The highest BCUT2D eigenvalue weighted by atomic mass is 15.1. The Morgan fingerprint density at radius 1 is 0.950 bits per heavy atom. The van der Waals surface area contributed by atoms with Gasteiger partial charge in [-0.05, 0) is 57.0 Å². The number of hydrogen-bond acceptors (Lipinski definition) is 2. The molecular weight excluding hydrogens is 244 g/mol. The first kappa shape index (κ1) is 18.0. The van der Waals surface area contributed by atoms with Crippen LogP contribution in [0.5, 0.6) is 0 Å². The Bertz CT molecular complexity index is 221. The van der Waals surface area contributed by atoms with Gasteiger partial charge in [-0.15, -0.1) is 0 Å². The van der Waals surface area contributed by atoms with E-state index in [2.05, 4.69) is 25.7 Å². The monoisotopic (exact) mass is 282 g/mol. The molecule has 0 bridgehead atoms. The van der Waals surface area contributed by atoms with E-state index in [1.807, 2.05) is 0 Å². The topological polar surface area (TPSA) is 29.3 Å². The molecule has 20 heavy (non-hydrogen) atoms. The Morgan fingerprint density at radius 2 is 1.60 bits per heavy atom. The molecule has 0 saturated heterocycles. The standard InChI is InChI=1S/C18H38N2/c1-4-7-12-20(13-8-5-2)15-17-14-16(9-6-3)10-11-18(17)19/h16-18H,4-15,19H2,1-3H3. The summed E-state index contributed by atoms with van der Waals surface area (Å²) in [5.41, 5.74) is 6.42. The van der Waals surface area contributed by atoms with Gasteiger partial charge in [0.05, 0.1) is 0 Å². The highest BCUT2D eigenvalue weighted by molar-refractivity contribution is 4.84. The molecule has 0 aromatic carbocycles. The van der Waals surface area contributed by atoms with Crippen LogP contribution in [-0.2, 0) is 0 Å². The maximum absolute atomic E-state index is 6.42. The van der Waals surface area contributed by atoms with E-state index in [1.165, 1.54) is 77.4 Å². The van der Waals surface area contributed by atoms with Crippen LogP contribution >= 0.6 is 0 Å². The normalized spacial score (nSPS) is 27.1. The van der Waals surface area contributed by atoms with Crippen molar-refractivity contribution in [2.45, 2.75) is 84.6 Å². The summed E-state index contributed by atoms with van der Waals surface area (Å²) in [5.74, 6) is 1.69. The number of hydrogen-bond donors (Lipinski definition) is 1. The van der Waals surface area contributed by atoms with Crippen LogP contribution in [-0.4, -0.2) is 30.6 Å². The molecule has 0 aromatic rings. The van der Waals surface area contributed by atoms with Crippen LogP contribution in [0.3, 0.4) is 0 Å². The van der Waals surface area contributed by atoms with Crippen molar-refractivity contribution >= 4 is 0 Å². The Morgan fingerprint density at radius 3 is 2.15 bits per heavy atom. The Hall–Kier alpha value is -0.0800. The summed E-state index contributed by atoms with van der Waals surface area (Å²) in [6.45, 7) is 10.7. The first-order valence-electron chi connectivity index (χ1n) is 9.19. The summed E-state index contributed by atoms with van der Waals surface area (Å²) >= 11 is 0. The van der Waals surface area contributed by atoms with Gasteiger partial charge in [0.25, 0.3) is 0 Å². The van der Waals surface area contributed by atoms with Gasteiger partial charge < -0.3 is 10.6 Å². The Labute approximate surface area is 127 Å². The van der Waals surface area contributed by atoms with Gasteiger partial charge in [0.1, 0.15) is 0 Å². The molecule has 1 fully saturated rings. The van der Waals surface area contributed by atoms with Crippen molar-refractivity contribution in [1.29, 1.82) is 0 Å². The zero-order valence-corrected chi connectivity index (χ0v) is 14.2. The maximum atomic E-state index is 6.42. The number of nitrogens with two attached hydrogens (primary N) is 1. The number of nitrogens with zero attached hydrogens (tertiary/aromatic N) is 1. The van der Waals surface area contributed by atoms with E-state index >= 15 is 0 Å². The average molecular weight is 283 g/mol. The zero-order chi connectivity index (χ0) is 14.8. The van der Waals surface area contributed by atoms with Crippen LogP contribution in [0.4, 0.5) is 0 Å². The van der Waals surface area contributed by atoms with Gasteiger partial charge >= 0.3 is 0 Å². The minimum Gasteiger partial charge on any atom is -0.327 e. The molecule has 1 saturated carbocycles. The lowest BCUT2D eigenvalue weighted by Gasteiger charge is -2.37. The molecule has 0 amide bonds. The van der Waals surface area contributed by atoms with Crippen LogP contribution in [0.15, 0.2) is 0 Å². The zero-order valence-electron chi connectivity index (χ0n) is 14.2. The van der Waals surface area contributed by atoms with Crippen LogP contribution in [0.25, 0.3) is 0 Å². The number of unbranched alkanes of at least 4 members (excludes halogenated alkanes) is 2. The molecule has 2 N–H and O–H groups in total. The van der Waals surface area contributed by atoms with Crippen molar-refractivity contribution in [2.75, 3.05) is 19.6 Å². The first-order chi connectivity index (χ1) is 9.71. The van der Waals surface area contributed by atoms with Crippen LogP contribution in [0.2, 0.25) is 0 Å². The lowest BCUT2D eigenvalue weighted by atomic mass is 9.76. The first-order valence-corrected chi connectivity index (χ1v) is 9.19. The van der Waals surface area contributed by atoms with Gasteiger partial charge in [0.15, 0.2) is 0 Å². The van der Waals surface area contributed by atoms with Crippen molar-refractivity contribution in [3.05, 3.63) is 0 Å². The molecule has 0 aromatic heterocycles. The fraction of sp³-hybridized carbons (Fsp3) is 1.00. The fourth-order valence-corrected chi connectivity index (χ4v) is 3.65. The molecule has 1 aliphatic carbocycles. The summed E-state index contributed by atoms with van der Waals surface area (Å²) in [7, 11) is 0. The van der Waals surface area contributed by atoms with E-state index in [0.29, 0.717) is 6.04 Å². The van der Waals surface area contributed by atoms with E-state index in [1.54, 1.807) is 0 Å². The number of rotatable bonds is 10. The minimum atomic E-state index is 0.453. The maximum Gasteiger partial charge on any atom is 0.00795 e. The van der Waals surface area contributed by atoms with E-state index in [-0.39, 0.29) is 0 Å². The Kier molecular flexibility index (Phi) is 9.54. The second kappa shape index (κ2) is 10.6. The molecule has 120 valence electrons. The lowest BCUT2D eigenvalue weighted by Crippen LogP contribution is -2.43. The van der Waals surface area contributed by atoms with Gasteiger partial charge in [0, 0.05) is 12.6 Å². The lowest BCUT2D eigenvalue weighted by molar-refractivity contribution is 0.149. The molecule has 2 heteroatoms. The average Bonchev–Trinajstić information content (AvgIpc) is 2.45. The van der Waals surface area contributed by atoms with Gasteiger partial charge in [-0.25, -0.2) is 0 Å². The third-order valence-electron chi connectivity index (χ3n) is 5.00. The quantitative estimate of drug-likeness (QED) is 0.642. The van der Waals surface area contributed by atoms with Crippen LogP contribution < -0.4 is 5.73 Å².